The molecule has 1 aliphatic rings. The number of alkyl halides is 1. The Morgan fingerprint density at radius 3 is 1.98 bits per heavy atom. The second-order valence-corrected chi connectivity index (χ2v) is 10.7. The van der Waals surface area contributed by atoms with E-state index in [1.165, 1.54) is 0 Å². The van der Waals surface area contributed by atoms with Gasteiger partial charge in [-0.05, 0) is 40.8 Å². The predicted molar refractivity (Wildman–Crippen MR) is 166 cm³/mol. The smallest absolute Gasteiger partial charge is 0.207 e. The molecule has 7 rings (SSSR count). The Bertz CT molecular complexity index is 1830. The van der Waals surface area contributed by atoms with Gasteiger partial charge in [0, 0.05) is 23.9 Å². The van der Waals surface area contributed by atoms with Crippen molar-refractivity contribution >= 4 is 11.9 Å². The van der Waals surface area contributed by atoms with Crippen LogP contribution in [0.25, 0.3) is 17.3 Å². The van der Waals surface area contributed by atoms with E-state index in [1.807, 2.05) is 54.9 Å². The van der Waals surface area contributed by atoms with Gasteiger partial charge in [0.1, 0.15) is 17.9 Å². The molecule has 0 unspecified atom stereocenters. The molecule has 0 fully saturated rings. The van der Waals surface area contributed by atoms with Crippen molar-refractivity contribution in [1.29, 1.82) is 0 Å². The van der Waals surface area contributed by atoms with Crippen molar-refractivity contribution in [1.82, 2.24) is 19.3 Å². The van der Waals surface area contributed by atoms with Gasteiger partial charge >= 0.3 is 0 Å². The number of hydrogen-bond acceptors (Lipinski definition) is 3. The molecule has 4 aromatic carbocycles. The fourth-order valence-electron chi connectivity index (χ4n) is 6.21. The maximum atomic E-state index is 13.3. The third kappa shape index (κ3) is 4.61. The first-order chi connectivity index (χ1) is 21.2. The lowest BCUT2D eigenvalue weighted by atomic mass is 9.77. The Morgan fingerprint density at radius 2 is 1.37 bits per heavy atom. The largest absolute Gasteiger partial charge is 0.318 e. The normalized spacial score (nSPS) is 14.2. The topological polar surface area (TPSA) is 52.7 Å². The number of hydrogen-bond donors (Lipinski definition) is 0. The molecule has 6 aromatic rings. The molecule has 0 saturated heterocycles. The molecular weight excluding hydrogens is 535 g/mol. The van der Waals surface area contributed by atoms with Crippen LogP contribution in [0.5, 0.6) is 0 Å². The van der Waals surface area contributed by atoms with Crippen LogP contribution < -0.4 is 0 Å². The SMILES string of the molecule is O=C1/C(=C/c2ccccc2-c2cn(C(c3ccccc3)(c3ccccc3)c3ccccc3)cn2)CCn2nc(CF)cc21. The summed E-state index contributed by atoms with van der Waals surface area (Å²) in [5.41, 5.74) is 6.70. The van der Waals surface area contributed by atoms with Gasteiger partial charge in [0.15, 0.2) is 0 Å². The second-order valence-electron chi connectivity index (χ2n) is 10.7. The Balaban J connectivity index is 1.36. The van der Waals surface area contributed by atoms with Gasteiger partial charge in [-0.1, -0.05) is 115 Å². The van der Waals surface area contributed by atoms with Crippen LogP contribution in [0, 0.1) is 0 Å². The van der Waals surface area contributed by atoms with Crippen LogP contribution in [0.2, 0.25) is 0 Å². The van der Waals surface area contributed by atoms with E-state index in [1.54, 1.807) is 10.7 Å². The average Bonchev–Trinajstić information content (AvgIpc) is 3.73. The van der Waals surface area contributed by atoms with Gasteiger partial charge in [0.05, 0.1) is 17.7 Å². The van der Waals surface area contributed by atoms with Crippen molar-refractivity contribution in [3.8, 4) is 11.3 Å². The summed E-state index contributed by atoms with van der Waals surface area (Å²) >= 11 is 0. The lowest BCUT2D eigenvalue weighted by Gasteiger charge is -2.37. The number of nitrogens with zero attached hydrogens (tertiary/aromatic N) is 4. The third-order valence-electron chi connectivity index (χ3n) is 8.20. The summed E-state index contributed by atoms with van der Waals surface area (Å²) in [5.74, 6) is -0.116. The van der Waals surface area contributed by atoms with Crippen LogP contribution in [-0.4, -0.2) is 25.1 Å². The number of aryl methyl sites for hydroxylation is 1. The zero-order chi connectivity index (χ0) is 29.2. The fourth-order valence-corrected chi connectivity index (χ4v) is 6.21. The molecule has 0 saturated carbocycles. The van der Waals surface area contributed by atoms with E-state index >= 15 is 0 Å². The van der Waals surface area contributed by atoms with Crippen LogP contribution in [-0.2, 0) is 18.8 Å². The van der Waals surface area contributed by atoms with Crippen molar-refractivity contribution in [2.75, 3.05) is 0 Å². The molecule has 0 aliphatic carbocycles. The van der Waals surface area contributed by atoms with Gasteiger partial charge in [0.25, 0.3) is 0 Å². The molecule has 43 heavy (non-hydrogen) atoms. The van der Waals surface area contributed by atoms with Crippen LogP contribution in [0.15, 0.2) is 139 Å². The summed E-state index contributed by atoms with van der Waals surface area (Å²) in [6.45, 7) is -0.147. The summed E-state index contributed by atoms with van der Waals surface area (Å²) in [6, 6.07) is 41.0. The lowest BCUT2D eigenvalue weighted by Crippen LogP contribution is -2.36. The van der Waals surface area contributed by atoms with E-state index in [-0.39, 0.29) is 11.5 Å². The van der Waals surface area contributed by atoms with Crippen molar-refractivity contribution in [2.24, 2.45) is 0 Å². The number of benzene rings is 4. The molecule has 0 atom stereocenters. The highest BCUT2D eigenvalue weighted by molar-refractivity contribution is 6.11. The highest BCUT2D eigenvalue weighted by Crippen LogP contribution is 2.41. The van der Waals surface area contributed by atoms with E-state index in [0.717, 1.165) is 33.5 Å². The van der Waals surface area contributed by atoms with Crippen molar-refractivity contribution in [3.05, 3.63) is 173 Å². The van der Waals surface area contributed by atoms with Gasteiger partial charge in [-0.15, -0.1) is 0 Å². The minimum atomic E-state index is -0.686. The van der Waals surface area contributed by atoms with Crippen LogP contribution >= 0.6 is 0 Å². The molecule has 3 heterocycles. The number of ketones is 1. The Labute approximate surface area is 249 Å². The molecule has 5 nitrogen and oxygen atoms in total. The molecule has 2 aromatic heterocycles. The number of allylic oxidation sites excluding steroid dienone is 1. The lowest BCUT2D eigenvalue weighted by molar-refractivity contribution is 0.101. The number of imidazole rings is 1. The summed E-state index contributed by atoms with van der Waals surface area (Å²) < 4.78 is 17.0. The Morgan fingerprint density at radius 1 is 0.791 bits per heavy atom. The first kappa shape index (κ1) is 26.5. The molecule has 0 amide bonds. The quantitative estimate of drug-likeness (QED) is 0.147. The van der Waals surface area contributed by atoms with Gasteiger partial charge in [-0.2, -0.15) is 5.10 Å². The van der Waals surface area contributed by atoms with E-state index in [0.29, 0.717) is 24.2 Å². The van der Waals surface area contributed by atoms with E-state index in [9.17, 15) is 9.18 Å². The third-order valence-corrected chi connectivity index (χ3v) is 8.20. The molecule has 1 aliphatic heterocycles. The molecule has 6 heteroatoms. The summed E-state index contributed by atoms with van der Waals surface area (Å²) in [6.07, 6.45) is 6.47. The van der Waals surface area contributed by atoms with Crippen LogP contribution in [0.1, 0.15) is 44.9 Å². The number of carbonyl (C=O) groups is 1. The molecule has 0 radical (unpaired) electrons. The fraction of sp³-hybridized carbons (Fsp3) is 0.108. The number of carbonyl (C=O) groups excluding carboxylic acids is 1. The molecular formula is C37H29FN4O. The Kier molecular flexibility index (Phi) is 6.87. The van der Waals surface area contributed by atoms with E-state index in [4.69, 9.17) is 4.98 Å². The van der Waals surface area contributed by atoms with Gasteiger partial charge in [-0.3, -0.25) is 9.48 Å². The average molecular weight is 565 g/mol. The predicted octanol–water partition coefficient (Wildman–Crippen LogP) is 7.73. The number of fused-ring (bicyclic) bond motifs is 1. The van der Waals surface area contributed by atoms with E-state index < -0.39 is 12.2 Å². The summed E-state index contributed by atoms with van der Waals surface area (Å²) in [4.78, 5) is 18.3. The van der Waals surface area contributed by atoms with Gasteiger partial charge < -0.3 is 4.57 Å². The van der Waals surface area contributed by atoms with Crippen molar-refractivity contribution < 1.29 is 9.18 Å². The number of aromatic nitrogens is 4. The van der Waals surface area contributed by atoms with Gasteiger partial charge in [-0.25, -0.2) is 9.37 Å². The van der Waals surface area contributed by atoms with Crippen molar-refractivity contribution in [2.45, 2.75) is 25.2 Å². The monoisotopic (exact) mass is 564 g/mol. The Hall–Kier alpha value is -5.36. The second kappa shape index (κ2) is 11.1. The summed E-state index contributed by atoms with van der Waals surface area (Å²) in [7, 11) is 0. The van der Waals surface area contributed by atoms with Gasteiger partial charge in [0.2, 0.25) is 5.78 Å². The zero-order valence-corrected chi connectivity index (χ0v) is 23.5. The van der Waals surface area contributed by atoms with Crippen LogP contribution in [0.4, 0.5) is 4.39 Å². The number of halogens is 1. The highest BCUT2D eigenvalue weighted by atomic mass is 19.1. The number of Topliss-reactive ketones (excluding diaryl/α,β-unsaturated/α-hetero) is 1. The van der Waals surface area contributed by atoms with Crippen LogP contribution in [0.3, 0.4) is 0 Å². The standard InChI is InChI=1S/C37H29FN4O/c38-24-32-23-35-36(43)28(20-21-42(35)40-32)22-27-12-10-11-19-33(27)34-25-41(26-39-34)37(29-13-4-1-5-14-29,30-15-6-2-7-16-30)31-17-8-3-9-18-31/h1-19,22-23,25-26H,20-21,24H2/b28-22+. The maximum Gasteiger partial charge on any atom is 0.207 e. The summed E-state index contributed by atoms with van der Waals surface area (Å²) in [5, 5.41) is 4.21. The first-order valence-corrected chi connectivity index (χ1v) is 14.4. The van der Waals surface area contributed by atoms with E-state index in [2.05, 4.69) is 88.7 Å². The maximum absolute atomic E-state index is 13.3. The molecule has 210 valence electrons. The minimum Gasteiger partial charge on any atom is -0.318 e. The van der Waals surface area contributed by atoms with Crippen molar-refractivity contribution in [3.63, 3.8) is 0 Å². The molecule has 0 N–H and O–H groups in total. The molecule has 0 spiro atoms. The molecule has 0 bridgehead atoms. The zero-order valence-electron chi connectivity index (χ0n) is 23.5. The first-order valence-electron chi connectivity index (χ1n) is 14.4. The number of rotatable bonds is 7. The minimum absolute atomic E-state index is 0.116. The highest BCUT2D eigenvalue weighted by Gasteiger charge is 2.38.